The first kappa shape index (κ1) is 21.4. The summed E-state index contributed by atoms with van der Waals surface area (Å²) < 4.78 is 16.1. The summed E-state index contributed by atoms with van der Waals surface area (Å²) in [5, 5.41) is 12.9. The number of amides is 1. The van der Waals surface area contributed by atoms with Crippen LogP contribution in [0.4, 0.5) is 5.69 Å². The molecule has 4 aromatic rings. The zero-order valence-corrected chi connectivity index (χ0v) is 17.9. The minimum Gasteiger partial charge on any atom is -0.483 e. The summed E-state index contributed by atoms with van der Waals surface area (Å²) in [6.07, 6.45) is 0. The van der Waals surface area contributed by atoms with E-state index in [-0.39, 0.29) is 29.1 Å². The van der Waals surface area contributed by atoms with E-state index in [0.29, 0.717) is 11.6 Å². The highest BCUT2D eigenvalue weighted by Gasteiger charge is 2.15. The molecule has 0 aliphatic rings. The maximum Gasteiger partial charge on any atom is 0.339 e. The molecule has 1 amide bonds. The smallest absolute Gasteiger partial charge is 0.339 e. The molecular weight excluding hydrogens is 430 g/mol. The van der Waals surface area contributed by atoms with Crippen molar-refractivity contribution >= 4 is 40.1 Å². The van der Waals surface area contributed by atoms with Crippen LogP contribution in [0.1, 0.15) is 16.2 Å². The Morgan fingerprint density at radius 3 is 2.66 bits per heavy atom. The Labute approximate surface area is 187 Å². The van der Waals surface area contributed by atoms with Gasteiger partial charge < -0.3 is 19.2 Å². The summed E-state index contributed by atoms with van der Waals surface area (Å²) in [5.41, 5.74) is 0.652. The number of aromatic nitrogens is 2. The fourth-order valence-corrected chi connectivity index (χ4v) is 3.59. The lowest BCUT2D eigenvalue weighted by molar-refractivity contribution is -0.113. The van der Waals surface area contributed by atoms with Crippen LogP contribution >= 0.6 is 11.8 Å². The zero-order valence-electron chi connectivity index (χ0n) is 17.1. The van der Waals surface area contributed by atoms with Crippen LogP contribution in [0.2, 0.25) is 0 Å². The lowest BCUT2D eigenvalue weighted by Gasteiger charge is -2.08. The largest absolute Gasteiger partial charge is 0.483 e. The fourth-order valence-electron chi connectivity index (χ4n) is 3.01. The molecule has 1 N–H and O–H groups in total. The molecule has 162 valence electrons. The van der Waals surface area contributed by atoms with Crippen molar-refractivity contribution in [2.75, 3.05) is 18.2 Å². The number of methoxy groups -OCH3 is 1. The number of para-hydroxylation sites is 1. The van der Waals surface area contributed by atoms with E-state index in [1.54, 1.807) is 24.3 Å². The molecule has 0 fully saturated rings. The molecule has 0 bridgehead atoms. The van der Waals surface area contributed by atoms with E-state index >= 15 is 0 Å². The highest BCUT2D eigenvalue weighted by atomic mass is 32.2. The van der Waals surface area contributed by atoms with Gasteiger partial charge in [0.2, 0.25) is 5.91 Å². The van der Waals surface area contributed by atoms with Crippen molar-refractivity contribution in [3.8, 4) is 5.75 Å². The maximum atomic E-state index is 12.3. The summed E-state index contributed by atoms with van der Waals surface area (Å²) in [6, 6.07) is 20.3. The zero-order chi connectivity index (χ0) is 22.3. The molecule has 9 heteroatoms. The number of carbonyl (C=O) groups excluding carboxylic acids is 2. The van der Waals surface area contributed by atoms with Gasteiger partial charge in [-0.05, 0) is 23.6 Å². The number of esters is 1. The van der Waals surface area contributed by atoms with E-state index in [0.717, 1.165) is 28.3 Å². The lowest BCUT2D eigenvalue weighted by Crippen LogP contribution is -2.17. The van der Waals surface area contributed by atoms with Gasteiger partial charge in [-0.3, -0.25) is 4.79 Å². The average molecular weight is 449 g/mol. The monoisotopic (exact) mass is 449 g/mol. The predicted octanol–water partition coefficient (Wildman–Crippen LogP) is 4.32. The first-order chi connectivity index (χ1) is 15.6. The number of carbonyl (C=O) groups is 2. The Kier molecular flexibility index (Phi) is 6.66. The fraction of sp³-hybridized carbons (Fsp3) is 0.130. The van der Waals surface area contributed by atoms with Crippen LogP contribution in [0.15, 0.2) is 76.4 Å². The van der Waals surface area contributed by atoms with Crippen LogP contribution in [0, 0.1) is 0 Å². The summed E-state index contributed by atoms with van der Waals surface area (Å²) >= 11 is 1.09. The van der Waals surface area contributed by atoms with Crippen molar-refractivity contribution < 1.29 is 23.5 Å². The molecule has 3 aromatic carbocycles. The van der Waals surface area contributed by atoms with Crippen LogP contribution < -0.4 is 10.1 Å². The number of anilines is 1. The summed E-state index contributed by atoms with van der Waals surface area (Å²) in [5.74, 6) is 0.205. The number of hydrogen-bond donors (Lipinski definition) is 1. The van der Waals surface area contributed by atoms with E-state index in [2.05, 4.69) is 15.5 Å². The van der Waals surface area contributed by atoms with Crippen molar-refractivity contribution in [3.63, 3.8) is 0 Å². The summed E-state index contributed by atoms with van der Waals surface area (Å²) in [4.78, 5) is 24.1. The van der Waals surface area contributed by atoms with Gasteiger partial charge in [-0.25, -0.2) is 4.79 Å². The van der Waals surface area contributed by atoms with Gasteiger partial charge >= 0.3 is 5.97 Å². The van der Waals surface area contributed by atoms with Gasteiger partial charge in [0.1, 0.15) is 5.75 Å². The maximum absolute atomic E-state index is 12.3. The second-order valence-corrected chi connectivity index (χ2v) is 7.53. The Morgan fingerprint density at radius 2 is 1.78 bits per heavy atom. The number of benzene rings is 3. The van der Waals surface area contributed by atoms with Crippen LogP contribution in [0.3, 0.4) is 0 Å². The predicted molar refractivity (Wildman–Crippen MR) is 120 cm³/mol. The molecule has 0 saturated heterocycles. The number of nitrogens with one attached hydrogen (secondary N) is 1. The topological polar surface area (TPSA) is 104 Å². The number of nitrogens with zero attached hydrogens (tertiary/aromatic N) is 2. The number of fused-ring (bicyclic) bond motifs is 1. The number of hydrogen-bond acceptors (Lipinski definition) is 8. The molecule has 4 rings (SSSR count). The minimum absolute atomic E-state index is 0.0291. The molecule has 0 unspecified atom stereocenters. The number of ether oxygens (including phenoxy) is 2. The molecule has 1 aromatic heterocycles. The standard InChI is InChI=1S/C23H19N3O5S/c1-29-22(28)17-10-4-5-11-18(17)24-20(27)14-32-23-26-25-21(31-23)13-30-19-12-6-8-15-7-2-3-9-16(15)19/h2-12H,13-14H2,1H3,(H,24,27). The third-order valence-electron chi connectivity index (χ3n) is 4.48. The van der Waals surface area contributed by atoms with Crippen molar-refractivity contribution in [1.29, 1.82) is 0 Å². The SMILES string of the molecule is COC(=O)c1ccccc1NC(=O)CSc1nnc(COc2cccc3ccccc23)o1. The normalized spacial score (nSPS) is 10.7. The molecular formula is C23H19N3O5S. The number of thioether (sulfide) groups is 1. The van der Waals surface area contributed by atoms with Gasteiger partial charge in [-0.1, -0.05) is 60.3 Å². The van der Waals surface area contributed by atoms with E-state index in [1.807, 2.05) is 42.5 Å². The first-order valence-electron chi connectivity index (χ1n) is 9.67. The molecule has 32 heavy (non-hydrogen) atoms. The van der Waals surface area contributed by atoms with Crippen molar-refractivity contribution in [3.05, 3.63) is 78.2 Å². The Balaban J connectivity index is 1.32. The second kappa shape index (κ2) is 9.97. The van der Waals surface area contributed by atoms with Crippen LogP contribution in [0.5, 0.6) is 5.75 Å². The second-order valence-electron chi connectivity index (χ2n) is 6.60. The Morgan fingerprint density at radius 1 is 1.00 bits per heavy atom. The third-order valence-corrected chi connectivity index (χ3v) is 5.30. The van der Waals surface area contributed by atoms with E-state index < -0.39 is 5.97 Å². The van der Waals surface area contributed by atoms with Crippen molar-refractivity contribution in [1.82, 2.24) is 10.2 Å². The quantitative estimate of drug-likeness (QED) is 0.313. The van der Waals surface area contributed by atoms with Gasteiger partial charge in [-0.15, -0.1) is 10.2 Å². The molecule has 0 atom stereocenters. The van der Waals surface area contributed by atoms with Crippen molar-refractivity contribution in [2.24, 2.45) is 0 Å². The molecule has 0 saturated carbocycles. The van der Waals surface area contributed by atoms with E-state index in [9.17, 15) is 9.59 Å². The van der Waals surface area contributed by atoms with Crippen LogP contribution in [-0.4, -0.2) is 34.9 Å². The van der Waals surface area contributed by atoms with Crippen LogP contribution in [0.25, 0.3) is 10.8 Å². The van der Waals surface area contributed by atoms with Gasteiger partial charge in [-0.2, -0.15) is 0 Å². The lowest BCUT2D eigenvalue weighted by atomic mass is 10.1. The molecule has 0 aliphatic carbocycles. The summed E-state index contributed by atoms with van der Waals surface area (Å²) in [6.45, 7) is 0.111. The highest BCUT2D eigenvalue weighted by Crippen LogP contribution is 2.26. The molecule has 0 aliphatic heterocycles. The van der Waals surface area contributed by atoms with Crippen molar-refractivity contribution in [2.45, 2.75) is 11.8 Å². The Hall–Kier alpha value is -3.85. The molecule has 8 nitrogen and oxygen atoms in total. The van der Waals surface area contributed by atoms with Gasteiger partial charge in [0.25, 0.3) is 11.1 Å². The number of rotatable bonds is 8. The van der Waals surface area contributed by atoms with E-state index in [4.69, 9.17) is 13.9 Å². The molecule has 0 spiro atoms. The molecule has 0 radical (unpaired) electrons. The van der Waals surface area contributed by atoms with Crippen LogP contribution in [-0.2, 0) is 16.1 Å². The summed E-state index contributed by atoms with van der Waals surface area (Å²) in [7, 11) is 1.29. The highest BCUT2D eigenvalue weighted by molar-refractivity contribution is 7.99. The molecule has 1 heterocycles. The van der Waals surface area contributed by atoms with Gasteiger partial charge in [0, 0.05) is 5.39 Å². The first-order valence-corrected chi connectivity index (χ1v) is 10.7. The Bertz CT molecular complexity index is 1250. The van der Waals surface area contributed by atoms with Gasteiger partial charge in [0.05, 0.1) is 24.1 Å². The van der Waals surface area contributed by atoms with E-state index in [1.165, 1.54) is 7.11 Å². The third kappa shape index (κ3) is 5.06. The van der Waals surface area contributed by atoms with Gasteiger partial charge in [0.15, 0.2) is 6.61 Å². The minimum atomic E-state index is -0.527. The average Bonchev–Trinajstić information content (AvgIpc) is 3.29.